The summed E-state index contributed by atoms with van der Waals surface area (Å²) in [5.41, 5.74) is 2.20. The zero-order valence-electron chi connectivity index (χ0n) is 18.6. The molecule has 0 heterocycles. The Labute approximate surface area is 191 Å². The van der Waals surface area contributed by atoms with E-state index in [1.807, 2.05) is 82.3 Å². The first-order valence-corrected chi connectivity index (χ1v) is 11.1. The van der Waals surface area contributed by atoms with E-state index >= 15 is 0 Å². The third kappa shape index (κ3) is 5.13. The molecule has 0 bridgehead atoms. The van der Waals surface area contributed by atoms with Crippen molar-refractivity contribution in [3.05, 3.63) is 108 Å². The number of hydrogen-bond acceptors (Lipinski definition) is 3. The summed E-state index contributed by atoms with van der Waals surface area (Å²) < 4.78 is 5.50. The van der Waals surface area contributed by atoms with Crippen molar-refractivity contribution in [3.63, 3.8) is 0 Å². The molecule has 3 aromatic carbocycles. The van der Waals surface area contributed by atoms with Gasteiger partial charge in [-0.3, -0.25) is 0 Å². The van der Waals surface area contributed by atoms with Gasteiger partial charge in [0.1, 0.15) is 5.60 Å². The van der Waals surface area contributed by atoms with Crippen LogP contribution in [0.15, 0.2) is 91.0 Å². The molecule has 0 saturated heterocycles. The number of thiol groups is 1. The Hall–Kier alpha value is -2.72. The van der Waals surface area contributed by atoms with Crippen LogP contribution in [0, 0.1) is 0 Å². The number of amides is 1. The predicted molar refractivity (Wildman–Crippen MR) is 131 cm³/mol. The van der Waals surface area contributed by atoms with Gasteiger partial charge in [-0.2, -0.15) is 12.6 Å². The molecule has 0 saturated carbocycles. The van der Waals surface area contributed by atoms with Gasteiger partial charge >= 0.3 is 6.09 Å². The van der Waals surface area contributed by atoms with Gasteiger partial charge in [-0.1, -0.05) is 91.0 Å². The second kappa shape index (κ2) is 9.61. The fourth-order valence-corrected chi connectivity index (χ4v) is 4.58. The Morgan fingerprint density at radius 3 is 1.45 bits per heavy atom. The van der Waals surface area contributed by atoms with Crippen LogP contribution in [0.25, 0.3) is 0 Å². The van der Waals surface area contributed by atoms with Crippen molar-refractivity contribution >= 4 is 18.7 Å². The lowest BCUT2D eigenvalue weighted by Gasteiger charge is -2.43. The first-order valence-electron chi connectivity index (χ1n) is 10.6. The first kappa shape index (κ1) is 23.0. The molecule has 0 aliphatic heterocycles. The normalized spacial score (nSPS) is 13.8. The minimum Gasteiger partial charge on any atom is -0.444 e. The smallest absolute Gasteiger partial charge is 0.407 e. The third-order valence-corrected chi connectivity index (χ3v) is 6.18. The largest absolute Gasteiger partial charge is 0.444 e. The maximum atomic E-state index is 12.5. The average molecular weight is 434 g/mol. The van der Waals surface area contributed by atoms with E-state index < -0.39 is 17.1 Å². The third-order valence-electron chi connectivity index (χ3n) is 5.35. The molecule has 0 aromatic heterocycles. The summed E-state index contributed by atoms with van der Waals surface area (Å²) in [5, 5.41) is 2.74. The molecule has 0 spiro atoms. The number of ether oxygens (including phenoxy) is 1. The SMILES string of the molecule is CC(NC(=O)OC(C)(C)C)C(S)C(c1ccccc1)(c1ccccc1)c1ccccc1. The van der Waals surface area contributed by atoms with Crippen molar-refractivity contribution in [2.24, 2.45) is 0 Å². The van der Waals surface area contributed by atoms with Crippen molar-refractivity contribution < 1.29 is 9.53 Å². The summed E-state index contributed by atoms with van der Waals surface area (Å²) in [5.74, 6) is 0. The number of carbonyl (C=O) groups excluding carboxylic acids is 1. The monoisotopic (exact) mass is 433 g/mol. The van der Waals surface area contributed by atoms with E-state index in [0.29, 0.717) is 0 Å². The minimum atomic E-state index is -0.582. The second-order valence-corrected chi connectivity index (χ2v) is 9.34. The van der Waals surface area contributed by atoms with E-state index in [-0.39, 0.29) is 11.3 Å². The van der Waals surface area contributed by atoms with Gasteiger partial charge in [-0.05, 0) is 44.4 Å². The van der Waals surface area contributed by atoms with E-state index in [2.05, 4.69) is 41.7 Å². The van der Waals surface area contributed by atoms with Crippen LogP contribution in [0.5, 0.6) is 0 Å². The molecule has 2 atom stereocenters. The van der Waals surface area contributed by atoms with Crippen LogP contribution in [-0.2, 0) is 10.2 Å². The van der Waals surface area contributed by atoms with Crippen LogP contribution in [0.3, 0.4) is 0 Å². The van der Waals surface area contributed by atoms with Crippen molar-refractivity contribution in [1.82, 2.24) is 5.32 Å². The Bertz CT molecular complexity index is 872. The van der Waals surface area contributed by atoms with Gasteiger partial charge < -0.3 is 10.1 Å². The maximum absolute atomic E-state index is 12.5. The van der Waals surface area contributed by atoms with Gasteiger partial charge in [-0.15, -0.1) is 0 Å². The zero-order chi connectivity index (χ0) is 22.5. The van der Waals surface area contributed by atoms with E-state index in [1.165, 1.54) is 0 Å². The molecule has 4 heteroatoms. The highest BCUT2D eigenvalue weighted by molar-refractivity contribution is 7.81. The summed E-state index contributed by atoms with van der Waals surface area (Å²) in [7, 11) is 0. The second-order valence-electron chi connectivity index (χ2n) is 8.79. The molecule has 1 amide bonds. The summed E-state index contributed by atoms with van der Waals surface area (Å²) >= 11 is 5.16. The molecule has 0 aliphatic rings. The lowest BCUT2D eigenvalue weighted by Crippen LogP contribution is -2.51. The summed E-state index contributed by atoms with van der Waals surface area (Å²) in [6.45, 7) is 7.55. The van der Waals surface area contributed by atoms with Crippen molar-refractivity contribution in [2.75, 3.05) is 0 Å². The minimum absolute atomic E-state index is 0.271. The Kier molecular flexibility index (Phi) is 7.11. The summed E-state index contributed by atoms with van der Waals surface area (Å²) in [6.07, 6.45) is -0.442. The number of nitrogens with one attached hydrogen (secondary N) is 1. The molecular weight excluding hydrogens is 402 g/mol. The number of carbonyl (C=O) groups is 1. The molecule has 1 N–H and O–H groups in total. The fraction of sp³-hybridized carbons (Fsp3) is 0.296. The lowest BCUT2D eigenvalue weighted by molar-refractivity contribution is 0.0505. The molecule has 2 unspecified atom stereocenters. The Morgan fingerprint density at radius 2 is 1.13 bits per heavy atom. The predicted octanol–water partition coefficient (Wildman–Crippen LogP) is 6.23. The highest BCUT2D eigenvalue weighted by atomic mass is 32.1. The van der Waals surface area contributed by atoms with Crippen molar-refractivity contribution in [1.29, 1.82) is 0 Å². The van der Waals surface area contributed by atoms with Crippen LogP contribution < -0.4 is 5.32 Å². The molecule has 162 valence electrons. The highest BCUT2D eigenvalue weighted by Crippen LogP contribution is 2.45. The molecule has 0 fully saturated rings. The number of rotatable bonds is 6. The zero-order valence-corrected chi connectivity index (χ0v) is 19.5. The molecule has 0 aliphatic carbocycles. The molecule has 3 aromatic rings. The van der Waals surface area contributed by atoms with Gasteiger partial charge in [0.25, 0.3) is 0 Å². The van der Waals surface area contributed by atoms with E-state index in [1.54, 1.807) is 0 Å². The molecule has 31 heavy (non-hydrogen) atoms. The molecular formula is C27H31NO2S. The van der Waals surface area contributed by atoms with Crippen LogP contribution in [-0.4, -0.2) is 23.0 Å². The first-order chi connectivity index (χ1) is 14.7. The highest BCUT2D eigenvalue weighted by Gasteiger charge is 2.45. The maximum Gasteiger partial charge on any atom is 0.407 e. The number of benzene rings is 3. The molecule has 3 nitrogen and oxygen atoms in total. The van der Waals surface area contributed by atoms with Crippen LogP contribution in [0.1, 0.15) is 44.4 Å². The molecule has 3 rings (SSSR count). The molecule has 0 radical (unpaired) electrons. The standard InChI is InChI=1S/C27H31NO2S/c1-20(28-25(29)30-26(2,3)4)24(31)27(21-14-8-5-9-15-21,22-16-10-6-11-17-22)23-18-12-7-13-19-23/h5-20,24,31H,1-4H3,(H,28,29). The van der Waals surface area contributed by atoms with Gasteiger partial charge in [0.05, 0.1) is 5.41 Å². The van der Waals surface area contributed by atoms with Crippen LogP contribution in [0.4, 0.5) is 4.79 Å². The fourth-order valence-electron chi connectivity index (χ4n) is 4.06. The van der Waals surface area contributed by atoms with E-state index in [4.69, 9.17) is 17.4 Å². The van der Waals surface area contributed by atoms with Crippen molar-refractivity contribution in [3.8, 4) is 0 Å². The van der Waals surface area contributed by atoms with Crippen LogP contribution in [0.2, 0.25) is 0 Å². The lowest BCUT2D eigenvalue weighted by atomic mass is 9.65. The Balaban J connectivity index is 2.14. The van der Waals surface area contributed by atoms with Gasteiger partial charge in [0.15, 0.2) is 0 Å². The van der Waals surface area contributed by atoms with E-state index in [0.717, 1.165) is 16.7 Å². The average Bonchev–Trinajstić information content (AvgIpc) is 2.75. The quantitative estimate of drug-likeness (QED) is 0.357. The van der Waals surface area contributed by atoms with Crippen molar-refractivity contribution in [2.45, 2.75) is 50.0 Å². The summed E-state index contributed by atoms with van der Waals surface area (Å²) in [4.78, 5) is 12.5. The van der Waals surface area contributed by atoms with Gasteiger partial charge in [0, 0.05) is 11.3 Å². The number of alkyl carbamates (subject to hydrolysis) is 1. The number of hydrogen-bond donors (Lipinski definition) is 2. The topological polar surface area (TPSA) is 38.3 Å². The Morgan fingerprint density at radius 1 is 0.774 bits per heavy atom. The summed E-state index contributed by atoms with van der Waals surface area (Å²) in [6, 6.07) is 30.8. The van der Waals surface area contributed by atoms with Gasteiger partial charge in [0.2, 0.25) is 0 Å². The van der Waals surface area contributed by atoms with Crippen LogP contribution >= 0.6 is 12.6 Å². The van der Waals surface area contributed by atoms with E-state index in [9.17, 15) is 4.79 Å². The van der Waals surface area contributed by atoms with Gasteiger partial charge in [-0.25, -0.2) is 4.79 Å².